The molecule has 106 valence electrons. The molecule has 0 aliphatic carbocycles. The van der Waals surface area contributed by atoms with Crippen molar-refractivity contribution in [3.63, 3.8) is 0 Å². The monoisotopic (exact) mass is 278 g/mol. The standard InChI is InChI=1S/C15H16F2N2O/c1-15(9-20,10-5-3-2-4-6-10)19-14-12(16)7-11(18)8-13(14)17/h2-8,19-20H,9,18H2,1H3. The van der Waals surface area contributed by atoms with Crippen molar-refractivity contribution in [2.45, 2.75) is 12.5 Å². The fourth-order valence-corrected chi connectivity index (χ4v) is 2.00. The number of rotatable bonds is 4. The third-order valence-corrected chi connectivity index (χ3v) is 3.19. The summed E-state index contributed by atoms with van der Waals surface area (Å²) in [7, 11) is 0. The van der Waals surface area contributed by atoms with Gasteiger partial charge in [0.2, 0.25) is 0 Å². The van der Waals surface area contributed by atoms with Crippen LogP contribution in [0.3, 0.4) is 0 Å². The molecule has 1 unspecified atom stereocenters. The number of hydrogen-bond acceptors (Lipinski definition) is 3. The Morgan fingerprint density at radius 2 is 1.70 bits per heavy atom. The maximum atomic E-state index is 13.8. The molecule has 5 heteroatoms. The Morgan fingerprint density at radius 3 is 2.20 bits per heavy atom. The highest BCUT2D eigenvalue weighted by molar-refractivity contribution is 5.56. The Labute approximate surface area is 116 Å². The molecule has 0 amide bonds. The molecule has 1 atom stereocenters. The summed E-state index contributed by atoms with van der Waals surface area (Å²) in [6, 6.07) is 11.0. The summed E-state index contributed by atoms with van der Waals surface area (Å²) in [6.07, 6.45) is 0. The van der Waals surface area contributed by atoms with E-state index in [0.717, 1.165) is 17.7 Å². The third-order valence-electron chi connectivity index (χ3n) is 3.19. The zero-order valence-electron chi connectivity index (χ0n) is 11.0. The van der Waals surface area contributed by atoms with E-state index in [0.29, 0.717) is 0 Å². The number of nitrogen functional groups attached to an aromatic ring is 1. The van der Waals surface area contributed by atoms with Crippen LogP contribution in [0, 0.1) is 11.6 Å². The van der Waals surface area contributed by atoms with Crippen LogP contribution >= 0.6 is 0 Å². The molecule has 0 heterocycles. The normalized spacial score (nSPS) is 13.8. The molecule has 0 saturated carbocycles. The van der Waals surface area contributed by atoms with Crippen LogP contribution in [0.4, 0.5) is 20.2 Å². The summed E-state index contributed by atoms with van der Waals surface area (Å²) < 4.78 is 27.7. The molecule has 2 aromatic carbocycles. The van der Waals surface area contributed by atoms with Crippen LogP contribution in [0.2, 0.25) is 0 Å². The number of hydrogen-bond donors (Lipinski definition) is 3. The van der Waals surface area contributed by atoms with E-state index >= 15 is 0 Å². The second-order valence-electron chi connectivity index (χ2n) is 4.84. The summed E-state index contributed by atoms with van der Waals surface area (Å²) in [4.78, 5) is 0. The number of halogens is 2. The molecular weight excluding hydrogens is 262 g/mol. The molecule has 20 heavy (non-hydrogen) atoms. The van der Waals surface area contributed by atoms with Crippen molar-refractivity contribution in [2.24, 2.45) is 0 Å². The average Bonchev–Trinajstić information content (AvgIpc) is 2.43. The van der Waals surface area contributed by atoms with Gasteiger partial charge in [0.15, 0.2) is 11.6 Å². The molecule has 0 spiro atoms. The van der Waals surface area contributed by atoms with Gasteiger partial charge in [-0.25, -0.2) is 8.78 Å². The first-order valence-corrected chi connectivity index (χ1v) is 6.15. The lowest BCUT2D eigenvalue weighted by molar-refractivity contribution is 0.223. The third kappa shape index (κ3) is 2.72. The van der Waals surface area contributed by atoms with Crippen molar-refractivity contribution in [1.29, 1.82) is 0 Å². The fraction of sp³-hybridized carbons (Fsp3) is 0.200. The van der Waals surface area contributed by atoms with Crippen molar-refractivity contribution in [3.05, 3.63) is 59.7 Å². The van der Waals surface area contributed by atoms with Gasteiger partial charge in [-0.3, -0.25) is 0 Å². The van der Waals surface area contributed by atoms with E-state index in [-0.39, 0.29) is 18.0 Å². The average molecular weight is 278 g/mol. The van der Waals surface area contributed by atoms with E-state index in [1.54, 1.807) is 31.2 Å². The zero-order chi connectivity index (χ0) is 14.8. The Bertz CT molecular complexity index is 581. The van der Waals surface area contributed by atoms with Crippen LogP contribution in [0.1, 0.15) is 12.5 Å². The highest BCUT2D eigenvalue weighted by Gasteiger charge is 2.28. The maximum absolute atomic E-state index is 13.8. The van der Waals surface area contributed by atoms with Gasteiger partial charge in [0.1, 0.15) is 5.69 Å². The van der Waals surface area contributed by atoms with Gasteiger partial charge in [0.25, 0.3) is 0 Å². The van der Waals surface area contributed by atoms with E-state index < -0.39 is 17.2 Å². The topological polar surface area (TPSA) is 58.3 Å². The SMILES string of the molecule is CC(CO)(Nc1c(F)cc(N)cc1F)c1ccccc1. The minimum atomic E-state index is -1.00. The van der Waals surface area contributed by atoms with Crippen LogP contribution in [-0.4, -0.2) is 11.7 Å². The minimum absolute atomic E-state index is 0.0102. The van der Waals surface area contributed by atoms with E-state index in [4.69, 9.17) is 5.73 Å². The maximum Gasteiger partial charge on any atom is 0.151 e. The molecule has 3 nitrogen and oxygen atoms in total. The molecule has 0 bridgehead atoms. The second-order valence-corrected chi connectivity index (χ2v) is 4.84. The Morgan fingerprint density at radius 1 is 1.15 bits per heavy atom. The summed E-state index contributed by atoms with van der Waals surface area (Å²) in [5.41, 5.74) is 4.80. The summed E-state index contributed by atoms with van der Waals surface area (Å²) in [5, 5.41) is 12.3. The highest BCUT2D eigenvalue weighted by atomic mass is 19.1. The quantitative estimate of drug-likeness (QED) is 0.754. The first kappa shape index (κ1) is 14.3. The summed E-state index contributed by atoms with van der Waals surface area (Å²) in [5.74, 6) is -1.59. The molecule has 4 N–H and O–H groups in total. The van der Waals surface area contributed by atoms with Crippen molar-refractivity contribution in [2.75, 3.05) is 17.7 Å². The van der Waals surface area contributed by atoms with Gasteiger partial charge in [-0.15, -0.1) is 0 Å². The lowest BCUT2D eigenvalue weighted by Crippen LogP contribution is -2.36. The Hall–Kier alpha value is -2.14. The fourth-order valence-electron chi connectivity index (χ4n) is 2.00. The predicted octanol–water partition coefficient (Wildman–Crippen LogP) is 2.87. The second kappa shape index (κ2) is 5.46. The van der Waals surface area contributed by atoms with E-state index in [1.165, 1.54) is 0 Å². The number of anilines is 2. The van der Waals surface area contributed by atoms with Gasteiger partial charge in [-0.05, 0) is 24.6 Å². The van der Waals surface area contributed by atoms with E-state index in [9.17, 15) is 13.9 Å². The molecule has 0 fully saturated rings. The highest BCUT2D eigenvalue weighted by Crippen LogP contribution is 2.30. The van der Waals surface area contributed by atoms with Gasteiger partial charge in [0, 0.05) is 5.69 Å². The van der Waals surface area contributed by atoms with Crippen LogP contribution in [-0.2, 0) is 5.54 Å². The van der Waals surface area contributed by atoms with Crippen molar-refractivity contribution in [3.8, 4) is 0 Å². The molecule has 0 aromatic heterocycles. The number of nitrogens with one attached hydrogen (secondary N) is 1. The van der Waals surface area contributed by atoms with Crippen LogP contribution in [0.25, 0.3) is 0 Å². The predicted molar refractivity (Wildman–Crippen MR) is 75.3 cm³/mol. The molecule has 2 rings (SSSR count). The number of aliphatic hydroxyl groups excluding tert-OH is 1. The van der Waals surface area contributed by atoms with Crippen molar-refractivity contribution in [1.82, 2.24) is 0 Å². The van der Waals surface area contributed by atoms with Gasteiger partial charge in [-0.2, -0.15) is 0 Å². The number of benzene rings is 2. The van der Waals surface area contributed by atoms with Crippen LogP contribution in [0.15, 0.2) is 42.5 Å². The summed E-state index contributed by atoms with van der Waals surface area (Å²) >= 11 is 0. The molecule has 0 aliphatic heterocycles. The molecule has 0 saturated heterocycles. The van der Waals surface area contributed by atoms with Crippen molar-refractivity contribution < 1.29 is 13.9 Å². The van der Waals surface area contributed by atoms with E-state index in [1.807, 2.05) is 6.07 Å². The van der Waals surface area contributed by atoms with Crippen LogP contribution in [0.5, 0.6) is 0 Å². The van der Waals surface area contributed by atoms with Gasteiger partial charge < -0.3 is 16.2 Å². The zero-order valence-corrected chi connectivity index (χ0v) is 11.0. The largest absolute Gasteiger partial charge is 0.399 e. The lowest BCUT2D eigenvalue weighted by Gasteiger charge is -2.31. The number of nitrogens with two attached hydrogens (primary N) is 1. The first-order valence-electron chi connectivity index (χ1n) is 6.15. The minimum Gasteiger partial charge on any atom is -0.399 e. The molecule has 2 aromatic rings. The number of aliphatic hydroxyl groups is 1. The van der Waals surface area contributed by atoms with Gasteiger partial charge in [0.05, 0.1) is 12.1 Å². The molecule has 0 aliphatic rings. The van der Waals surface area contributed by atoms with Gasteiger partial charge >= 0.3 is 0 Å². The lowest BCUT2D eigenvalue weighted by atomic mass is 9.92. The van der Waals surface area contributed by atoms with E-state index in [2.05, 4.69) is 5.32 Å². The van der Waals surface area contributed by atoms with Crippen LogP contribution < -0.4 is 11.1 Å². The Balaban J connectivity index is 2.41. The van der Waals surface area contributed by atoms with Crippen molar-refractivity contribution >= 4 is 11.4 Å². The summed E-state index contributed by atoms with van der Waals surface area (Å²) in [6.45, 7) is 1.35. The first-order chi connectivity index (χ1) is 9.46. The smallest absolute Gasteiger partial charge is 0.151 e. The Kier molecular flexibility index (Phi) is 3.90. The molecular formula is C15H16F2N2O. The molecule has 0 radical (unpaired) electrons. The van der Waals surface area contributed by atoms with Gasteiger partial charge in [-0.1, -0.05) is 30.3 Å².